The lowest BCUT2D eigenvalue weighted by atomic mass is 10.0. The van der Waals surface area contributed by atoms with Gasteiger partial charge in [0.15, 0.2) is 0 Å². The molecule has 2 rings (SSSR count). The highest BCUT2D eigenvalue weighted by Crippen LogP contribution is 2.39. The van der Waals surface area contributed by atoms with E-state index in [4.69, 9.17) is 15.6 Å². The summed E-state index contributed by atoms with van der Waals surface area (Å²) in [4.78, 5) is 2.11. The molecule has 1 aromatic rings. The summed E-state index contributed by atoms with van der Waals surface area (Å²) in [6.45, 7) is 5.77. The molecular formula is C13H20N2O2. The van der Waals surface area contributed by atoms with Crippen molar-refractivity contribution in [1.29, 1.82) is 0 Å². The molecule has 0 saturated heterocycles. The molecule has 0 saturated carbocycles. The fourth-order valence-corrected chi connectivity index (χ4v) is 2.15. The maximum absolute atomic E-state index is 9.14. The molecule has 0 aliphatic carbocycles. The maximum atomic E-state index is 9.14. The number of para-hydroxylation sites is 1. The van der Waals surface area contributed by atoms with Crippen LogP contribution in [0.15, 0.2) is 18.2 Å². The van der Waals surface area contributed by atoms with Crippen molar-refractivity contribution in [2.45, 2.75) is 20.0 Å². The topological polar surface area (TPSA) is 58.7 Å². The Morgan fingerprint density at radius 2 is 2.29 bits per heavy atom. The number of hydrogen-bond donors (Lipinski definition) is 2. The fraction of sp³-hybridized carbons (Fsp3) is 0.538. The molecule has 4 heteroatoms. The van der Waals surface area contributed by atoms with Gasteiger partial charge < -0.3 is 20.5 Å². The highest BCUT2D eigenvalue weighted by molar-refractivity contribution is 5.75. The second kappa shape index (κ2) is 4.84. The number of benzene rings is 1. The predicted octanol–water partition coefficient (Wildman–Crippen LogP) is 1.48. The lowest BCUT2D eigenvalue weighted by molar-refractivity contribution is 0.143. The Labute approximate surface area is 102 Å². The Bertz CT molecular complexity index is 393. The van der Waals surface area contributed by atoms with E-state index in [1.165, 1.54) is 0 Å². The summed E-state index contributed by atoms with van der Waals surface area (Å²) in [6, 6.07) is 5.70. The van der Waals surface area contributed by atoms with Gasteiger partial charge in [-0.25, -0.2) is 0 Å². The van der Waals surface area contributed by atoms with Crippen molar-refractivity contribution in [3.05, 3.63) is 18.2 Å². The normalized spacial score (nSPS) is 19.1. The summed E-state index contributed by atoms with van der Waals surface area (Å²) in [5.74, 6) is 1.26. The molecule has 0 amide bonds. The van der Waals surface area contributed by atoms with E-state index in [0.29, 0.717) is 18.2 Å². The molecule has 0 fully saturated rings. The van der Waals surface area contributed by atoms with Gasteiger partial charge in [0, 0.05) is 6.54 Å². The number of anilines is 2. The number of nitrogen functional groups attached to an aromatic ring is 1. The third-order valence-corrected chi connectivity index (χ3v) is 3.14. The summed E-state index contributed by atoms with van der Waals surface area (Å²) < 4.78 is 5.95. The average molecular weight is 236 g/mol. The van der Waals surface area contributed by atoms with Crippen LogP contribution in [0.3, 0.4) is 0 Å². The van der Waals surface area contributed by atoms with Crippen molar-refractivity contribution >= 4 is 11.4 Å². The van der Waals surface area contributed by atoms with Crippen molar-refractivity contribution in [1.82, 2.24) is 0 Å². The number of rotatable bonds is 3. The molecule has 1 aliphatic rings. The summed E-state index contributed by atoms with van der Waals surface area (Å²) in [7, 11) is 0. The van der Waals surface area contributed by atoms with Crippen LogP contribution in [0.1, 0.15) is 13.8 Å². The van der Waals surface area contributed by atoms with E-state index < -0.39 is 0 Å². The van der Waals surface area contributed by atoms with Gasteiger partial charge in [0.05, 0.1) is 18.8 Å². The Balaban J connectivity index is 2.35. The highest BCUT2D eigenvalue weighted by atomic mass is 16.5. The van der Waals surface area contributed by atoms with Crippen LogP contribution in [-0.4, -0.2) is 30.9 Å². The van der Waals surface area contributed by atoms with Gasteiger partial charge in [0.1, 0.15) is 17.5 Å². The standard InChI is InChI=1S/C13H20N2O2/c1-9(2)12-8-15(6-7-16)13-10(14)4-3-5-11(13)17-12/h3-5,9,12,16H,6-8,14H2,1-2H3. The van der Waals surface area contributed by atoms with E-state index >= 15 is 0 Å². The number of ether oxygens (including phenoxy) is 1. The number of aliphatic hydroxyl groups is 1. The van der Waals surface area contributed by atoms with E-state index in [2.05, 4.69) is 18.7 Å². The van der Waals surface area contributed by atoms with E-state index in [1.54, 1.807) is 0 Å². The van der Waals surface area contributed by atoms with Crippen molar-refractivity contribution in [3.8, 4) is 5.75 Å². The van der Waals surface area contributed by atoms with Crippen LogP contribution in [0.4, 0.5) is 11.4 Å². The number of β-amino-alcohol motifs (C(OH)–C–C–N with tert-alkyl or cyclic N) is 1. The Hall–Kier alpha value is -1.42. The zero-order valence-electron chi connectivity index (χ0n) is 10.4. The first-order chi connectivity index (χ1) is 8.13. The van der Waals surface area contributed by atoms with Crippen molar-refractivity contribution in [3.63, 3.8) is 0 Å². The predicted molar refractivity (Wildman–Crippen MR) is 69.4 cm³/mol. The van der Waals surface area contributed by atoms with E-state index in [0.717, 1.165) is 18.0 Å². The van der Waals surface area contributed by atoms with Crippen LogP contribution in [-0.2, 0) is 0 Å². The molecule has 4 nitrogen and oxygen atoms in total. The first-order valence-electron chi connectivity index (χ1n) is 6.04. The number of fused-ring (bicyclic) bond motifs is 1. The molecule has 0 bridgehead atoms. The van der Waals surface area contributed by atoms with E-state index in [9.17, 15) is 0 Å². The van der Waals surface area contributed by atoms with E-state index in [1.807, 2.05) is 18.2 Å². The Morgan fingerprint density at radius 1 is 1.53 bits per heavy atom. The molecule has 1 aliphatic heterocycles. The average Bonchev–Trinajstić information content (AvgIpc) is 2.29. The van der Waals surface area contributed by atoms with Gasteiger partial charge in [0.25, 0.3) is 0 Å². The van der Waals surface area contributed by atoms with Gasteiger partial charge in [0.2, 0.25) is 0 Å². The number of aliphatic hydroxyl groups excluding tert-OH is 1. The molecule has 1 atom stereocenters. The molecule has 3 N–H and O–H groups in total. The Kier molecular flexibility index (Phi) is 3.43. The van der Waals surface area contributed by atoms with Crippen molar-refractivity contribution < 1.29 is 9.84 Å². The Morgan fingerprint density at radius 3 is 2.94 bits per heavy atom. The maximum Gasteiger partial charge on any atom is 0.145 e. The second-order valence-corrected chi connectivity index (χ2v) is 4.76. The molecule has 1 aromatic carbocycles. The SMILES string of the molecule is CC(C)C1CN(CCO)c2c(N)cccc2O1. The molecule has 0 spiro atoms. The molecule has 1 heterocycles. The third-order valence-electron chi connectivity index (χ3n) is 3.14. The fourth-order valence-electron chi connectivity index (χ4n) is 2.15. The molecular weight excluding hydrogens is 216 g/mol. The lowest BCUT2D eigenvalue weighted by Crippen LogP contribution is -2.44. The molecule has 0 radical (unpaired) electrons. The van der Waals surface area contributed by atoms with E-state index in [-0.39, 0.29) is 12.7 Å². The third kappa shape index (κ3) is 2.31. The smallest absolute Gasteiger partial charge is 0.145 e. The minimum absolute atomic E-state index is 0.124. The van der Waals surface area contributed by atoms with Crippen molar-refractivity contribution in [2.24, 2.45) is 5.92 Å². The van der Waals surface area contributed by atoms with Crippen LogP contribution in [0, 0.1) is 5.92 Å². The van der Waals surface area contributed by atoms with Gasteiger partial charge in [-0.2, -0.15) is 0 Å². The quantitative estimate of drug-likeness (QED) is 0.781. The van der Waals surface area contributed by atoms with Crippen LogP contribution in [0.25, 0.3) is 0 Å². The van der Waals surface area contributed by atoms with Gasteiger partial charge >= 0.3 is 0 Å². The van der Waals surface area contributed by atoms with Crippen LogP contribution in [0.2, 0.25) is 0 Å². The van der Waals surface area contributed by atoms with Gasteiger partial charge in [-0.15, -0.1) is 0 Å². The molecule has 17 heavy (non-hydrogen) atoms. The van der Waals surface area contributed by atoms with Gasteiger partial charge in [-0.1, -0.05) is 19.9 Å². The second-order valence-electron chi connectivity index (χ2n) is 4.76. The number of nitrogens with two attached hydrogens (primary N) is 1. The summed E-state index contributed by atoms with van der Waals surface area (Å²) in [6.07, 6.45) is 0.149. The molecule has 0 aromatic heterocycles. The highest BCUT2D eigenvalue weighted by Gasteiger charge is 2.28. The minimum atomic E-state index is 0.124. The van der Waals surface area contributed by atoms with Crippen LogP contribution in [0.5, 0.6) is 5.75 Å². The summed E-state index contributed by atoms with van der Waals surface area (Å²) >= 11 is 0. The zero-order chi connectivity index (χ0) is 12.4. The van der Waals surface area contributed by atoms with Gasteiger partial charge in [-0.05, 0) is 18.1 Å². The summed E-state index contributed by atoms with van der Waals surface area (Å²) in [5.41, 5.74) is 7.60. The van der Waals surface area contributed by atoms with Crippen LogP contribution < -0.4 is 15.4 Å². The molecule has 94 valence electrons. The van der Waals surface area contributed by atoms with Crippen molar-refractivity contribution in [2.75, 3.05) is 30.3 Å². The number of nitrogens with zero attached hydrogens (tertiary/aromatic N) is 1. The molecule has 1 unspecified atom stereocenters. The first kappa shape index (κ1) is 12.0. The monoisotopic (exact) mass is 236 g/mol. The zero-order valence-corrected chi connectivity index (χ0v) is 10.4. The first-order valence-corrected chi connectivity index (χ1v) is 6.04. The lowest BCUT2D eigenvalue weighted by Gasteiger charge is -2.38. The van der Waals surface area contributed by atoms with Gasteiger partial charge in [-0.3, -0.25) is 0 Å². The van der Waals surface area contributed by atoms with Crippen LogP contribution >= 0.6 is 0 Å². The largest absolute Gasteiger partial charge is 0.486 e. The minimum Gasteiger partial charge on any atom is -0.486 e. The number of hydrogen-bond acceptors (Lipinski definition) is 4. The summed E-state index contributed by atoms with van der Waals surface area (Å²) in [5, 5.41) is 9.14.